The van der Waals surface area contributed by atoms with Gasteiger partial charge in [0, 0.05) is 38.8 Å². The monoisotopic (exact) mass is 360 g/mol. The third-order valence-electron chi connectivity index (χ3n) is 4.61. The van der Waals surface area contributed by atoms with Crippen molar-refractivity contribution in [3.05, 3.63) is 48.2 Å². The molecule has 0 aliphatic carbocycles. The molecule has 0 radical (unpaired) electrons. The van der Waals surface area contributed by atoms with Gasteiger partial charge in [0.15, 0.2) is 6.39 Å². The van der Waals surface area contributed by atoms with Crippen molar-refractivity contribution in [2.24, 2.45) is 0 Å². The predicted octanol–water partition coefficient (Wildman–Crippen LogP) is 1.90. The van der Waals surface area contributed by atoms with E-state index in [9.17, 15) is 14.0 Å². The summed E-state index contributed by atoms with van der Waals surface area (Å²) in [6, 6.07) is 2.88. The summed E-state index contributed by atoms with van der Waals surface area (Å²) in [7, 11) is 1.74. The summed E-state index contributed by atoms with van der Waals surface area (Å²) in [6.07, 6.45) is 6.64. The summed E-state index contributed by atoms with van der Waals surface area (Å²) in [6.45, 7) is 1.12. The molecule has 7 nitrogen and oxygen atoms in total. The molecule has 1 atom stereocenters. The smallest absolute Gasteiger partial charge is 0.291 e. The lowest BCUT2D eigenvalue weighted by molar-refractivity contribution is -0.130. The molecule has 1 aliphatic rings. The molecule has 0 N–H and O–H groups in total. The van der Waals surface area contributed by atoms with E-state index in [0.717, 1.165) is 18.4 Å². The number of rotatable bonds is 6. The van der Waals surface area contributed by atoms with Gasteiger partial charge in [-0.1, -0.05) is 6.07 Å². The van der Waals surface area contributed by atoms with Crippen LogP contribution in [0.15, 0.2) is 35.3 Å². The fourth-order valence-electron chi connectivity index (χ4n) is 3.17. The standard InChI is InChI=1S/C18H21FN4O3/c1-22(17(24)7-5-13-4-6-16(19)21-9-13)11-14-3-2-8-23(14)18(25)15-10-20-12-26-15/h4,6,9-10,12,14H,2-3,5,7-8,11H2,1H3. The number of amides is 2. The van der Waals surface area contributed by atoms with Gasteiger partial charge in [0.25, 0.3) is 5.91 Å². The number of carbonyl (C=O) groups is 2. The highest BCUT2D eigenvalue weighted by Gasteiger charge is 2.32. The van der Waals surface area contributed by atoms with Crippen LogP contribution in [0.5, 0.6) is 0 Å². The molecule has 0 spiro atoms. The SMILES string of the molecule is CN(CC1CCCN1C(=O)c1cnco1)C(=O)CCc1ccc(F)nc1. The number of hydrogen-bond acceptors (Lipinski definition) is 5. The zero-order valence-corrected chi connectivity index (χ0v) is 14.6. The van der Waals surface area contributed by atoms with Crippen LogP contribution < -0.4 is 0 Å². The van der Waals surface area contributed by atoms with E-state index in [1.807, 2.05) is 0 Å². The summed E-state index contributed by atoms with van der Waals surface area (Å²) < 4.78 is 17.9. The normalized spacial score (nSPS) is 16.7. The predicted molar refractivity (Wildman–Crippen MR) is 90.7 cm³/mol. The summed E-state index contributed by atoms with van der Waals surface area (Å²) in [5.41, 5.74) is 0.816. The molecular weight excluding hydrogens is 339 g/mol. The van der Waals surface area contributed by atoms with E-state index in [2.05, 4.69) is 9.97 Å². The Morgan fingerprint density at radius 3 is 2.92 bits per heavy atom. The Bertz CT molecular complexity index is 748. The number of halogens is 1. The Labute approximate surface area is 150 Å². The summed E-state index contributed by atoms with van der Waals surface area (Å²) in [5.74, 6) is -0.527. The maximum absolute atomic E-state index is 12.8. The number of likely N-dealkylation sites (tertiary alicyclic amines) is 1. The maximum Gasteiger partial charge on any atom is 0.291 e. The molecule has 0 aromatic carbocycles. The zero-order valence-electron chi connectivity index (χ0n) is 14.6. The third-order valence-corrected chi connectivity index (χ3v) is 4.61. The molecule has 26 heavy (non-hydrogen) atoms. The minimum absolute atomic E-state index is 0.0201. The number of aromatic nitrogens is 2. The van der Waals surface area contributed by atoms with Gasteiger partial charge in [-0.3, -0.25) is 9.59 Å². The van der Waals surface area contributed by atoms with Crippen LogP contribution in [0.25, 0.3) is 0 Å². The van der Waals surface area contributed by atoms with Crippen LogP contribution in [0.2, 0.25) is 0 Å². The van der Waals surface area contributed by atoms with Crippen LogP contribution in [0.4, 0.5) is 4.39 Å². The maximum atomic E-state index is 12.8. The highest BCUT2D eigenvalue weighted by Crippen LogP contribution is 2.21. The van der Waals surface area contributed by atoms with Gasteiger partial charge in [-0.25, -0.2) is 9.97 Å². The molecule has 0 bridgehead atoms. The van der Waals surface area contributed by atoms with Crippen LogP contribution in [-0.2, 0) is 11.2 Å². The minimum atomic E-state index is -0.532. The van der Waals surface area contributed by atoms with E-state index in [1.165, 1.54) is 24.9 Å². The van der Waals surface area contributed by atoms with Gasteiger partial charge in [-0.2, -0.15) is 4.39 Å². The van der Waals surface area contributed by atoms with Gasteiger partial charge in [0.2, 0.25) is 17.6 Å². The van der Waals surface area contributed by atoms with E-state index in [1.54, 1.807) is 22.9 Å². The Hall–Kier alpha value is -2.77. The summed E-state index contributed by atoms with van der Waals surface area (Å²) >= 11 is 0. The fourth-order valence-corrected chi connectivity index (χ4v) is 3.17. The second-order valence-corrected chi connectivity index (χ2v) is 6.42. The number of hydrogen-bond donors (Lipinski definition) is 0. The number of carbonyl (C=O) groups excluding carboxylic acids is 2. The molecule has 2 aromatic rings. The van der Waals surface area contributed by atoms with E-state index in [-0.39, 0.29) is 23.6 Å². The topological polar surface area (TPSA) is 79.5 Å². The van der Waals surface area contributed by atoms with Gasteiger partial charge in [-0.05, 0) is 30.9 Å². The molecule has 2 aromatic heterocycles. The van der Waals surface area contributed by atoms with Crippen molar-refractivity contribution >= 4 is 11.8 Å². The second kappa shape index (κ2) is 8.07. The molecule has 1 fully saturated rings. The van der Waals surface area contributed by atoms with Crippen molar-refractivity contribution in [2.75, 3.05) is 20.1 Å². The van der Waals surface area contributed by atoms with Gasteiger partial charge < -0.3 is 14.2 Å². The summed E-state index contributed by atoms with van der Waals surface area (Å²) in [5, 5.41) is 0. The first-order chi connectivity index (χ1) is 12.5. The van der Waals surface area contributed by atoms with Crippen LogP contribution in [0.1, 0.15) is 35.4 Å². The molecule has 3 rings (SSSR count). The van der Waals surface area contributed by atoms with Gasteiger partial charge >= 0.3 is 0 Å². The molecule has 1 unspecified atom stereocenters. The van der Waals surface area contributed by atoms with Crippen molar-refractivity contribution in [1.82, 2.24) is 19.8 Å². The molecule has 1 saturated heterocycles. The molecular formula is C18H21FN4O3. The summed E-state index contributed by atoms with van der Waals surface area (Å²) in [4.78, 5) is 35.6. The fraction of sp³-hybridized carbons (Fsp3) is 0.444. The third kappa shape index (κ3) is 4.25. The lowest BCUT2D eigenvalue weighted by atomic mass is 10.1. The number of oxazole rings is 1. The van der Waals surface area contributed by atoms with Gasteiger partial charge in [-0.15, -0.1) is 0 Å². The Morgan fingerprint density at radius 2 is 2.23 bits per heavy atom. The highest BCUT2D eigenvalue weighted by molar-refractivity contribution is 5.91. The molecule has 138 valence electrons. The Kier molecular flexibility index (Phi) is 5.60. The van der Waals surface area contributed by atoms with Gasteiger partial charge in [0.1, 0.15) is 0 Å². The van der Waals surface area contributed by atoms with Crippen LogP contribution in [0, 0.1) is 5.95 Å². The quantitative estimate of drug-likeness (QED) is 0.735. The number of pyridine rings is 1. The van der Waals surface area contributed by atoms with Gasteiger partial charge in [0.05, 0.1) is 6.20 Å². The minimum Gasteiger partial charge on any atom is -0.438 e. The molecule has 3 heterocycles. The van der Waals surface area contributed by atoms with Crippen molar-refractivity contribution in [3.63, 3.8) is 0 Å². The number of likely N-dealkylation sites (N-methyl/N-ethyl adjacent to an activating group) is 1. The Balaban J connectivity index is 1.52. The molecule has 2 amide bonds. The van der Waals surface area contributed by atoms with Crippen molar-refractivity contribution in [3.8, 4) is 0 Å². The van der Waals surface area contributed by atoms with Crippen LogP contribution in [0.3, 0.4) is 0 Å². The van der Waals surface area contributed by atoms with Crippen molar-refractivity contribution < 1.29 is 18.4 Å². The zero-order chi connectivity index (χ0) is 18.5. The Morgan fingerprint density at radius 1 is 1.38 bits per heavy atom. The lowest BCUT2D eigenvalue weighted by Crippen LogP contribution is -2.43. The van der Waals surface area contributed by atoms with E-state index >= 15 is 0 Å². The molecule has 1 aliphatic heterocycles. The average molecular weight is 360 g/mol. The molecule has 8 heteroatoms. The van der Waals surface area contributed by atoms with Crippen molar-refractivity contribution in [2.45, 2.75) is 31.7 Å². The van der Waals surface area contributed by atoms with E-state index in [4.69, 9.17) is 4.42 Å². The highest BCUT2D eigenvalue weighted by atomic mass is 19.1. The number of nitrogens with zero attached hydrogens (tertiary/aromatic N) is 4. The molecule has 0 saturated carbocycles. The first-order valence-electron chi connectivity index (χ1n) is 8.58. The largest absolute Gasteiger partial charge is 0.438 e. The first kappa shape index (κ1) is 18.0. The first-order valence-corrected chi connectivity index (χ1v) is 8.58. The van der Waals surface area contributed by atoms with Crippen LogP contribution in [-0.4, -0.2) is 57.8 Å². The number of aryl methyl sites for hydroxylation is 1. The lowest BCUT2D eigenvalue weighted by Gasteiger charge is -2.28. The average Bonchev–Trinajstić information content (AvgIpc) is 3.32. The van der Waals surface area contributed by atoms with E-state index < -0.39 is 5.95 Å². The second-order valence-electron chi connectivity index (χ2n) is 6.42. The van der Waals surface area contributed by atoms with E-state index in [0.29, 0.717) is 25.9 Å². The van der Waals surface area contributed by atoms with Crippen molar-refractivity contribution in [1.29, 1.82) is 0 Å². The van der Waals surface area contributed by atoms with Crippen LogP contribution >= 0.6 is 0 Å².